The van der Waals surface area contributed by atoms with Crippen LogP contribution in [0, 0.1) is 5.82 Å². The first-order valence-electron chi connectivity index (χ1n) is 3.45. The minimum absolute atomic E-state index is 0.0458. The summed E-state index contributed by atoms with van der Waals surface area (Å²) >= 11 is 8.60. The van der Waals surface area contributed by atoms with Gasteiger partial charge in [0, 0.05) is 11.6 Å². The Kier molecular flexibility index (Phi) is 2.17. The maximum atomic E-state index is 13.4. The lowest BCUT2D eigenvalue weighted by Gasteiger charge is -1.99. The maximum absolute atomic E-state index is 13.4. The van der Waals surface area contributed by atoms with Crippen molar-refractivity contribution in [3.8, 4) is 0 Å². The van der Waals surface area contributed by atoms with Crippen LogP contribution in [0.5, 0.6) is 0 Å². The molecule has 5 heteroatoms. The molecule has 0 atom stereocenters. The molecule has 0 radical (unpaired) electrons. The van der Waals surface area contributed by atoms with Crippen molar-refractivity contribution in [1.29, 1.82) is 0 Å². The molecule has 2 aromatic rings. The predicted molar refractivity (Wildman–Crippen MR) is 52.2 cm³/mol. The van der Waals surface area contributed by atoms with Gasteiger partial charge in [-0.05, 0) is 39.7 Å². The number of aromatic nitrogens is 2. The average molecular weight is 261 g/mol. The van der Waals surface area contributed by atoms with E-state index in [9.17, 15) is 4.39 Å². The number of halogens is 3. The number of benzene rings is 1. The highest BCUT2D eigenvalue weighted by atomic mass is 79.9. The van der Waals surface area contributed by atoms with E-state index >= 15 is 0 Å². The minimum Gasteiger partial charge on any atom is -0.226 e. The highest BCUT2D eigenvalue weighted by molar-refractivity contribution is 9.10. The third-order valence-corrected chi connectivity index (χ3v) is 2.41. The van der Waals surface area contributed by atoms with E-state index in [4.69, 9.17) is 11.6 Å². The van der Waals surface area contributed by atoms with Crippen LogP contribution in [0.2, 0.25) is 5.28 Å². The van der Waals surface area contributed by atoms with Gasteiger partial charge < -0.3 is 0 Å². The highest BCUT2D eigenvalue weighted by Gasteiger charge is 2.06. The topological polar surface area (TPSA) is 25.8 Å². The van der Waals surface area contributed by atoms with Crippen LogP contribution in [-0.2, 0) is 0 Å². The first-order valence-corrected chi connectivity index (χ1v) is 4.62. The van der Waals surface area contributed by atoms with Crippen molar-refractivity contribution in [2.24, 2.45) is 0 Å². The Balaban J connectivity index is 2.89. The van der Waals surface area contributed by atoms with E-state index in [-0.39, 0.29) is 10.8 Å². The zero-order chi connectivity index (χ0) is 9.42. The molecule has 0 fully saturated rings. The predicted octanol–water partition coefficient (Wildman–Crippen LogP) is 3.18. The third kappa shape index (κ3) is 1.51. The van der Waals surface area contributed by atoms with Gasteiger partial charge in [-0.2, -0.15) is 0 Å². The van der Waals surface area contributed by atoms with Gasteiger partial charge in [0.1, 0.15) is 5.52 Å². The molecule has 0 saturated heterocycles. The standard InChI is InChI=1S/C8H3BrClFN2/c9-5-2-1-4-3-12-8(10)13-7(4)6(5)11/h1-3H. The van der Waals surface area contributed by atoms with Gasteiger partial charge in [0.2, 0.25) is 5.28 Å². The summed E-state index contributed by atoms with van der Waals surface area (Å²) in [7, 11) is 0. The molecule has 1 aromatic heterocycles. The van der Waals surface area contributed by atoms with Gasteiger partial charge in [-0.1, -0.05) is 0 Å². The van der Waals surface area contributed by atoms with Gasteiger partial charge in [0.05, 0.1) is 4.47 Å². The zero-order valence-electron chi connectivity index (χ0n) is 6.26. The lowest BCUT2D eigenvalue weighted by Crippen LogP contribution is -1.88. The van der Waals surface area contributed by atoms with E-state index in [1.807, 2.05) is 0 Å². The minimum atomic E-state index is -0.415. The van der Waals surface area contributed by atoms with Crippen LogP contribution >= 0.6 is 27.5 Å². The summed E-state index contributed by atoms with van der Waals surface area (Å²) in [4.78, 5) is 7.54. The summed E-state index contributed by atoms with van der Waals surface area (Å²) in [5, 5.41) is 0.676. The van der Waals surface area contributed by atoms with Crippen molar-refractivity contribution in [3.63, 3.8) is 0 Å². The average Bonchev–Trinajstić information content (AvgIpc) is 2.12. The molecule has 0 aliphatic carbocycles. The van der Waals surface area contributed by atoms with Gasteiger partial charge in [-0.25, -0.2) is 14.4 Å². The maximum Gasteiger partial charge on any atom is 0.223 e. The molecular formula is C8H3BrClFN2. The van der Waals surface area contributed by atoms with Crippen molar-refractivity contribution in [2.75, 3.05) is 0 Å². The van der Waals surface area contributed by atoms with Crippen LogP contribution in [0.15, 0.2) is 22.8 Å². The molecular weight excluding hydrogens is 258 g/mol. The molecule has 0 aliphatic rings. The summed E-state index contributed by atoms with van der Waals surface area (Å²) in [6, 6.07) is 3.33. The van der Waals surface area contributed by atoms with Crippen LogP contribution in [0.3, 0.4) is 0 Å². The third-order valence-electron chi connectivity index (χ3n) is 1.61. The molecule has 0 aliphatic heterocycles. The monoisotopic (exact) mass is 260 g/mol. The molecule has 1 heterocycles. The first-order chi connectivity index (χ1) is 6.18. The van der Waals surface area contributed by atoms with Crippen molar-refractivity contribution in [3.05, 3.63) is 33.9 Å². The van der Waals surface area contributed by atoms with Crippen LogP contribution in [-0.4, -0.2) is 9.97 Å². The van der Waals surface area contributed by atoms with Crippen LogP contribution < -0.4 is 0 Å². The second kappa shape index (κ2) is 3.20. The Morgan fingerprint density at radius 1 is 1.38 bits per heavy atom. The van der Waals surface area contributed by atoms with Crippen LogP contribution in [0.4, 0.5) is 4.39 Å². The Bertz CT molecular complexity index is 470. The summed E-state index contributed by atoms with van der Waals surface area (Å²) in [5.74, 6) is -0.415. The molecule has 66 valence electrons. The summed E-state index contributed by atoms with van der Waals surface area (Å²) in [5.41, 5.74) is 0.231. The smallest absolute Gasteiger partial charge is 0.223 e. The highest BCUT2D eigenvalue weighted by Crippen LogP contribution is 2.23. The van der Waals surface area contributed by atoms with Gasteiger partial charge in [0.15, 0.2) is 5.82 Å². The SMILES string of the molecule is Fc1c(Br)ccc2cnc(Cl)nc12. The number of nitrogens with zero attached hydrogens (tertiary/aromatic N) is 2. The number of rotatable bonds is 0. The van der Waals surface area contributed by atoms with E-state index < -0.39 is 5.82 Å². The molecule has 0 saturated carbocycles. The summed E-state index contributed by atoms with van der Waals surface area (Å²) in [6.45, 7) is 0. The molecule has 0 amide bonds. The lowest BCUT2D eigenvalue weighted by molar-refractivity contribution is 0.630. The van der Waals surface area contributed by atoms with Crippen molar-refractivity contribution in [1.82, 2.24) is 9.97 Å². The molecule has 0 unspecified atom stereocenters. The van der Waals surface area contributed by atoms with Gasteiger partial charge in [-0.15, -0.1) is 0 Å². The Labute approximate surface area is 86.9 Å². The molecule has 0 bridgehead atoms. The fourth-order valence-corrected chi connectivity index (χ4v) is 1.47. The van der Waals surface area contributed by atoms with Crippen LogP contribution in [0.1, 0.15) is 0 Å². The van der Waals surface area contributed by atoms with Gasteiger partial charge in [-0.3, -0.25) is 0 Å². The van der Waals surface area contributed by atoms with E-state index in [0.717, 1.165) is 0 Å². The normalized spacial score (nSPS) is 10.7. The molecule has 0 spiro atoms. The molecule has 2 nitrogen and oxygen atoms in total. The largest absolute Gasteiger partial charge is 0.226 e. The van der Waals surface area contributed by atoms with Crippen molar-refractivity contribution in [2.45, 2.75) is 0 Å². The van der Waals surface area contributed by atoms with Crippen molar-refractivity contribution < 1.29 is 4.39 Å². The fraction of sp³-hybridized carbons (Fsp3) is 0. The van der Waals surface area contributed by atoms with E-state index in [2.05, 4.69) is 25.9 Å². The zero-order valence-corrected chi connectivity index (χ0v) is 8.60. The number of hydrogen-bond acceptors (Lipinski definition) is 2. The number of fused-ring (bicyclic) bond motifs is 1. The summed E-state index contributed by atoms with van der Waals surface area (Å²) < 4.78 is 13.8. The van der Waals surface area contributed by atoms with E-state index in [1.54, 1.807) is 12.1 Å². The second-order valence-electron chi connectivity index (χ2n) is 2.44. The van der Waals surface area contributed by atoms with Gasteiger partial charge in [0.25, 0.3) is 0 Å². The fourth-order valence-electron chi connectivity index (χ4n) is 1.02. The Morgan fingerprint density at radius 3 is 2.92 bits per heavy atom. The second-order valence-corrected chi connectivity index (χ2v) is 3.63. The molecule has 1 aromatic carbocycles. The molecule has 13 heavy (non-hydrogen) atoms. The van der Waals surface area contributed by atoms with E-state index in [0.29, 0.717) is 9.86 Å². The van der Waals surface area contributed by atoms with Crippen molar-refractivity contribution >= 4 is 38.4 Å². The quantitative estimate of drug-likeness (QED) is 0.681. The first kappa shape index (κ1) is 8.84. The lowest BCUT2D eigenvalue weighted by atomic mass is 10.2. The van der Waals surface area contributed by atoms with Crippen LogP contribution in [0.25, 0.3) is 10.9 Å². The van der Waals surface area contributed by atoms with E-state index in [1.165, 1.54) is 6.20 Å². The summed E-state index contributed by atoms with van der Waals surface area (Å²) in [6.07, 6.45) is 1.49. The van der Waals surface area contributed by atoms with Gasteiger partial charge >= 0.3 is 0 Å². The molecule has 0 N–H and O–H groups in total. The Hall–Kier alpha value is -0.740. The molecule has 2 rings (SSSR count). The Morgan fingerprint density at radius 2 is 2.15 bits per heavy atom. The number of hydrogen-bond donors (Lipinski definition) is 0.